The van der Waals surface area contributed by atoms with E-state index in [1.165, 1.54) is 72.5 Å². The first-order valence-corrected chi connectivity index (χ1v) is 24.6. The van der Waals surface area contributed by atoms with Crippen molar-refractivity contribution in [3.8, 4) is 11.1 Å². The lowest BCUT2D eigenvalue weighted by Gasteiger charge is -2.46. The van der Waals surface area contributed by atoms with Gasteiger partial charge in [-0.15, -0.1) is 0 Å². The first-order valence-electron chi connectivity index (χ1n) is 24.6. The van der Waals surface area contributed by atoms with Gasteiger partial charge >= 0.3 is 0 Å². The molecule has 0 saturated carbocycles. The molecule has 0 saturated heterocycles. The molecule has 0 radical (unpaired) electrons. The molecule has 10 rings (SSSR count). The van der Waals surface area contributed by atoms with Crippen molar-refractivity contribution in [3.05, 3.63) is 204 Å². The maximum atomic E-state index is 2.60. The van der Waals surface area contributed by atoms with Crippen LogP contribution in [0.5, 0.6) is 0 Å². The minimum Gasteiger partial charge on any atom is -0.311 e. The third-order valence-electron chi connectivity index (χ3n) is 14.3. The summed E-state index contributed by atoms with van der Waals surface area (Å²) in [5, 5.41) is 0. The minimum absolute atomic E-state index is 0.0193. The van der Waals surface area contributed by atoms with Gasteiger partial charge in [-0.3, -0.25) is 0 Å². The van der Waals surface area contributed by atoms with Crippen LogP contribution in [-0.2, 0) is 21.7 Å². The van der Waals surface area contributed by atoms with Crippen molar-refractivity contribution in [2.75, 3.05) is 14.7 Å². The summed E-state index contributed by atoms with van der Waals surface area (Å²) >= 11 is 0. The molecule has 68 heavy (non-hydrogen) atoms. The zero-order valence-electron chi connectivity index (χ0n) is 42.2. The number of anilines is 9. The van der Waals surface area contributed by atoms with Crippen molar-refractivity contribution in [2.45, 2.75) is 105 Å². The summed E-state index contributed by atoms with van der Waals surface area (Å²) in [6, 6.07) is 69.0. The Hall–Kier alpha value is -6.78. The van der Waals surface area contributed by atoms with Gasteiger partial charge in [0.25, 0.3) is 6.71 Å². The fourth-order valence-corrected chi connectivity index (χ4v) is 10.4. The summed E-state index contributed by atoms with van der Waals surface area (Å²) in [5.74, 6) is 0. The fourth-order valence-electron chi connectivity index (χ4n) is 10.4. The Balaban J connectivity index is 1.35. The van der Waals surface area contributed by atoms with E-state index in [0.717, 1.165) is 28.4 Å². The molecule has 0 aromatic heterocycles. The zero-order chi connectivity index (χ0) is 47.9. The van der Waals surface area contributed by atoms with E-state index in [2.05, 4.69) is 280 Å². The highest BCUT2D eigenvalue weighted by atomic mass is 15.2. The monoisotopic (exact) mass is 888 g/mol. The van der Waals surface area contributed by atoms with Gasteiger partial charge in [0.2, 0.25) is 0 Å². The molecule has 0 aliphatic carbocycles. The van der Waals surface area contributed by atoms with Gasteiger partial charge in [0.15, 0.2) is 0 Å². The number of fused-ring (bicyclic) bond motifs is 4. The molecule has 8 aromatic rings. The minimum atomic E-state index is -0.0585. The van der Waals surface area contributed by atoms with Gasteiger partial charge in [0, 0.05) is 45.4 Å². The average molecular weight is 888 g/mol. The maximum Gasteiger partial charge on any atom is 0.252 e. The standard InChI is InChI=1S/C64H66BN3/c1-61(2,3)44-29-27-43(28-30-44)52-25-19-20-26-55(52)68-57-38-34-47(64(10,11)12)40-54(57)65-53-39-46(63(7,8)9)33-37-56(53)67(50-35-31-45(32-36-50)62(4,5)6)58-41-51(42-59(68)60(58)65)66(48-21-15-13-16-22-48)49-23-17-14-18-24-49/h13-42H,1-12H3. The first kappa shape index (κ1) is 45.0. The van der Waals surface area contributed by atoms with Crippen LogP contribution in [0.2, 0.25) is 0 Å². The highest BCUT2D eigenvalue weighted by Crippen LogP contribution is 2.50. The van der Waals surface area contributed by atoms with Crippen LogP contribution in [0.3, 0.4) is 0 Å². The van der Waals surface area contributed by atoms with E-state index in [4.69, 9.17) is 0 Å². The molecule has 0 spiro atoms. The molecule has 340 valence electrons. The van der Waals surface area contributed by atoms with Gasteiger partial charge in [-0.1, -0.05) is 198 Å². The lowest BCUT2D eigenvalue weighted by atomic mass is 9.33. The summed E-state index contributed by atoms with van der Waals surface area (Å²) in [7, 11) is 0. The molecule has 2 aliphatic heterocycles. The second kappa shape index (κ2) is 16.5. The molecule has 0 N–H and O–H groups in total. The van der Waals surface area contributed by atoms with E-state index < -0.39 is 0 Å². The Morgan fingerprint density at radius 3 is 1.24 bits per heavy atom. The molecule has 8 aromatic carbocycles. The van der Waals surface area contributed by atoms with Gasteiger partial charge < -0.3 is 14.7 Å². The molecule has 2 aliphatic rings. The molecule has 0 fully saturated rings. The molecule has 3 nitrogen and oxygen atoms in total. The van der Waals surface area contributed by atoms with Crippen LogP contribution in [0.1, 0.15) is 105 Å². The number of benzene rings is 8. The van der Waals surface area contributed by atoms with Gasteiger partial charge in [0.05, 0.1) is 11.4 Å². The van der Waals surface area contributed by atoms with Crippen LogP contribution in [-0.4, -0.2) is 6.71 Å². The normalized spacial score (nSPS) is 13.5. The number of para-hydroxylation sites is 3. The van der Waals surface area contributed by atoms with Crippen molar-refractivity contribution in [1.82, 2.24) is 0 Å². The Labute approximate surface area is 407 Å². The van der Waals surface area contributed by atoms with Crippen LogP contribution in [0, 0.1) is 0 Å². The quantitative estimate of drug-likeness (QED) is 0.154. The van der Waals surface area contributed by atoms with Crippen LogP contribution >= 0.6 is 0 Å². The Bertz CT molecular complexity index is 3100. The van der Waals surface area contributed by atoms with E-state index in [1.54, 1.807) is 0 Å². The summed E-state index contributed by atoms with van der Waals surface area (Å²) < 4.78 is 0. The molecule has 0 atom stereocenters. The molecule has 2 heterocycles. The van der Waals surface area contributed by atoms with Gasteiger partial charge in [0.1, 0.15) is 0 Å². The predicted octanol–water partition coefficient (Wildman–Crippen LogP) is 16.1. The molecule has 0 unspecified atom stereocenters. The molecule has 0 bridgehead atoms. The van der Waals surface area contributed by atoms with Gasteiger partial charge in [-0.25, -0.2) is 0 Å². The third kappa shape index (κ3) is 8.02. The van der Waals surface area contributed by atoms with E-state index in [0.29, 0.717) is 0 Å². The summed E-state index contributed by atoms with van der Waals surface area (Å²) in [5.41, 5.74) is 22.0. The topological polar surface area (TPSA) is 9.72 Å². The highest BCUT2D eigenvalue weighted by molar-refractivity contribution is 7.00. The number of hydrogen-bond acceptors (Lipinski definition) is 3. The number of hydrogen-bond donors (Lipinski definition) is 0. The fraction of sp³-hybridized carbons (Fsp3) is 0.250. The van der Waals surface area contributed by atoms with E-state index >= 15 is 0 Å². The van der Waals surface area contributed by atoms with Crippen molar-refractivity contribution in [1.29, 1.82) is 0 Å². The lowest BCUT2D eigenvalue weighted by Crippen LogP contribution is -2.61. The van der Waals surface area contributed by atoms with Crippen LogP contribution in [0.25, 0.3) is 11.1 Å². The second-order valence-corrected chi connectivity index (χ2v) is 23.2. The van der Waals surface area contributed by atoms with Gasteiger partial charge in [-0.05, 0) is 133 Å². The van der Waals surface area contributed by atoms with Gasteiger partial charge in [-0.2, -0.15) is 0 Å². The molecule has 4 heteroatoms. The molecular formula is C64H66BN3. The summed E-state index contributed by atoms with van der Waals surface area (Å²) in [4.78, 5) is 7.59. The first-order chi connectivity index (χ1) is 32.3. The Kier molecular flexibility index (Phi) is 10.9. The van der Waals surface area contributed by atoms with Crippen molar-refractivity contribution in [3.63, 3.8) is 0 Å². The van der Waals surface area contributed by atoms with E-state index in [9.17, 15) is 0 Å². The van der Waals surface area contributed by atoms with Crippen LogP contribution in [0.4, 0.5) is 51.2 Å². The van der Waals surface area contributed by atoms with Crippen LogP contribution in [0.15, 0.2) is 182 Å². The van der Waals surface area contributed by atoms with Crippen molar-refractivity contribution in [2.24, 2.45) is 0 Å². The summed E-state index contributed by atoms with van der Waals surface area (Å²) in [6.07, 6.45) is 0. The smallest absolute Gasteiger partial charge is 0.252 e. The second-order valence-electron chi connectivity index (χ2n) is 23.2. The van der Waals surface area contributed by atoms with E-state index in [-0.39, 0.29) is 28.4 Å². The lowest BCUT2D eigenvalue weighted by molar-refractivity contribution is 0.590. The van der Waals surface area contributed by atoms with Crippen molar-refractivity contribution >= 4 is 74.3 Å². The summed E-state index contributed by atoms with van der Waals surface area (Å²) in [6.45, 7) is 27.8. The molecular weight excluding hydrogens is 822 g/mol. The SMILES string of the molecule is CC(C)(C)c1ccc(-c2ccccc2N2c3ccc(C(C)(C)C)cc3B3c4cc(C(C)(C)C)ccc4N(c4ccc(C(C)(C)C)cc4)c4cc(N(c5ccccc5)c5ccccc5)cc2c43)cc1. The predicted molar refractivity (Wildman–Crippen MR) is 295 cm³/mol. The average Bonchev–Trinajstić information content (AvgIpc) is 3.31. The Morgan fingerprint density at radius 1 is 0.338 bits per heavy atom. The zero-order valence-corrected chi connectivity index (χ0v) is 42.2. The number of nitrogens with zero attached hydrogens (tertiary/aromatic N) is 3. The van der Waals surface area contributed by atoms with Crippen molar-refractivity contribution < 1.29 is 0 Å². The molecule has 0 amide bonds. The Morgan fingerprint density at radius 2 is 0.750 bits per heavy atom. The highest BCUT2D eigenvalue weighted by Gasteiger charge is 2.45. The van der Waals surface area contributed by atoms with E-state index in [1.807, 2.05) is 0 Å². The third-order valence-corrected chi connectivity index (χ3v) is 14.3. The van der Waals surface area contributed by atoms with Crippen LogP contribution < -0.4 is 31.1 Å². The number of rotatable bonds is 6. The largest absolute Gasteiger partial charge is 0.311 e. The maximum absolute atomic E-state index is 2.60.